The van der Waals surface area contributed by atoms with Crippen LogP contribution < -0.4 is 0 Å². The highest BCUT2D eigenvalue weighted by Crippen LogP contribution is 2.06. The summed E-state index contributed by atoms with van der Waals surface area (Å²) in [6.45, 7) is 1.99. The molecule has 1 N–H and O–H groups in total. The van der Waals surface area contributed by atoms with Crippen LogP contribution >= 0.6 is 0 Å². The molecule has 1 unspecified atom stereocenters. The first-order chi connectivity index (χ1) is 8.79. The number of nitrogens with zero attached hydrogens (tertiary/aromatic N) is 2. The summed E-state index contributed by atoms with van der Waals surface area (Å²) in [4.78, 5) is 4.19. The molecule has 2 aromatic rings. The second kappa shape index (κ2) is 6.44. The van der Waals surface area contributed by atoms with Gasteiger partial charge in [-0.2, -0.15) is 0 Å². The van der Waals surface area contributed by atoms with Crippen LogP contribution in [0.15, 0.2) is 35.5 Å². The molecule has 0 aliphatic rings. The number of aromatic amines is 1. The molecule has 0 aliphatic carbocycles. The zero-order valence-corrected chi connectivity index (χ0v) is 11.2. The Balaban J connectivity index is 1.81. The van der Waals surface area contributed by atoms with Crippen molar-refractivity contribution in [3.63, 3.8) is 0 Å². The van der Waals surface area contributed by atoms with E-state index in [2.05, 4.69) is 27.3 Å². The second-order valence-electron chi connectivity index (χ2n) is 4.06. The van der Waals surface area contributed by atoms with E-state index in [1.807, 2.05) is 25.1 Å². The van der Waals surface area contributed by atoms with E-state index in [4.69, 9.17) is 0 Å². The van der Waals surface area contributed by atoms with E-state index in [9.17, 15) is 4.21 Å². The van der Waals surface area contributed by atoms with E-state index in [1.165, 1.54) is 5.56 Å². The third kappa shape index (κ3) is 3.50. The molecule has 0 amide bonds. The van der Waals surface area contributed by atoms with Crippen molar-refractivity contribution in [2.45, 2.75) is 31.3 Å². The summed E-state index contributed by atoms with van der Waals surface area (Å²) in [5.41, 5.74) is 1.28. The fourth-order valence-corrected chi connectivity index (χ4v) is 2.63. The van der Waals surface area contributed by atoms with Gasteiger partial charge in [0.1, 0.15) is 5.82 Å². The zero-order chi connectivity index (χ0) is 12.8. The standard InChI is InChI=1S/C13H17N3OS/c1-2-12-14-13(16-15-12)18(17)10-6-9-11-7-4-3-5-8-11/h3-5,7-8H,2,6,9-10H2,1H3,(H,14,15,16). The summed E-state index contributed by atoms with van der Waals surface area (Å²) in [6, 6.07) is 10.2. The molecule has 1 atom stereocenters. The molecule has 0 fully saturated rings. The molecule has 1 heterocycles. The number of H-pyrrole nitrogens is 1. The Hall–Kier alpha value is -1.49. The van der Waals surface area contributed by atoms with Gasteiger partial charge >= 0.3 is 0 Å². The summed E-state index contributed by atoms with van der Waals surface area (Å²) in [6.07, 6.45) is 2.61. The number of aromatic nitrogens is 3. The van der Waals surface area contributed by atoms with Crippen LogP contribution in [0.4, 0.5) is 0 Å². The fraction of sp³-hybridized carbons (Fsp3) is 0.385. The van der Waals surface area contributed by atoms with Gasteiger partial charge in [0.05, 0.1) is 10.8 Å². The quantitative estimate of drug-likeness (QED) is 0.868. The van der Waals surface area contributed by atoms with Crippen LogP contribution in [-0.4, -0.2) is 25.1 Å². The molecule has 5 heteroatoms. The molecule has 2 rings (SSSR count). The Kier molecular flexibility index (Phi) is 4.64. The van der Waals surface area contributed by atoms with E-state index >= 15 is 0 Å². The van der Waals surface area contributed by atoms with Crippen molar-refractivity contribution in [1.82, 2.24) is 15.2 Å². The van der Waals surface area contributed by atoms with E-state index in [0.29, 0.717) is 10.9 Å². The topological polar surface area (TPSA) is 58.6 Å². The lowest BCUT2D eigenvalue weighted by Gasteiger charge is -1.99. The largest absolute Gasteiger partial charge is 0.262 e. The predicted octanol–water partition coefficient (Wildman–Crippen LogP) is 2.11. The number of aryl methyl sites for hydroxylation is 2. The van der Waals surface area contributed by atoms with E-state index < -0.39 is 10.8 Å². The molecule has 1 aromatic carbocycles. The maximum Gasteiger partial charge on any atom is 0.238 e. The van der Waals surface area contributed by atoms with Crippen molar-refractivity contribution in [2.75, 3.05) is 5.75 Å². The van der Waals surface area contributed by atoms with Crippen molar-refractivity contribution in [3.05, 3.63) is 41.7 Å². The van der Waals surface area contributed by atoms with Crippen LogP contribution in [0, 0.1) is 0 Å². The SMILES string of the molecule is CCc1nc(S(=O)CCCc2ccccc2)n[nH]1. The van der Waals surface area contributed by atoms with Gasteiger partial charge in [-0.15, -0.1) is 5.10 Å². The summed E-state index contributed by atoms with van der Waals surface area (Å²) < 4.78 is 11.9. The maximum absolute atomic E-state index is 11.9. The highest BCUT2D eigenvalue weighted by Gasteiger charge is 2.09. The van der Waals surface area contributed by atoms with Crippen molar-refractivity contribution in [3.8, 4) is 0 Å². The van der Waals surface area contributed by atoms with Crippen molar-refractivity contribution in [1.29, 1.82) is 0 Å². The van der Waals surface area contributed by atoms with Crippen LogP contribution in [0.5, 0.6) is 0 Å². The van der Waals surface area contributed by atoms with Gasteiger partial charge in [-0.3, -0.25) is 9.31 Å². The smallest absolute Gasteiger partial charge is 0.238 e. The normalized spacial score (nSPS) is 12.5. The molecule has 18 heavy (non-hydrogen) atoms. The average molecular weight is 263 g/mol. The first-order valence-corrected chi connectivity index (χ1v) is 7.45. The molecular formula is C13H17N3OS. The Morgan fingerprint density at radius 2 is 2.06 bits per heavy atom. The van der Waals surface area contributed by atoms with Crippen LogP contribution in [0.2, 0.25) is 0 Å². The lowest BCUT2D eigenvalue weighted by atomic mass is 10.1. The second-order valence-corrected chi connectivity index (χ2v) is 5.52. The molecule has 0 saturated carbocycles. The monoisotopic (exact) mass is 263 g/mol. The zero-order valence-electron chi connectivity index (χ0n) is 10.4. The van der Waals surface area contributed by atoms with Gasteiger partial charge in [-0.25, -0.2) is 4.98 Å². The van der Waals surface area contributed by atoms with Crippen molar-refractivity contribution >= 4 is 10.8 Å². The van der Waals surface area contributed by atoms with Crippen LogP contribution in [-0.2, 0) is 23.6 Å². The fourth-order valence-electron chi connectivity index (χ4n) is 1.68. The molecule has 0 aliphatic heterocycles. The van der Waals surface area contributed by atoms with Gasteiger partial charge in [0.15, 0.2) is 0 Å². The highest BCUT2D eigenvalue weighted by molar-refractivity contribution is 7.84. The maximum atomic E-state index is 11.9. The molecule has 0 spiro atoms. The Morgan fingerprint density at radius 3 is 2.72 bits per heavy atom. The van der Waals surface area contributed by atoms with Gasteiger partial charge in [0.2, 0.25) is 5.16 Å². The minimum atomic E-state index is -1.09. The Morgan fingerprint density at radius 1 is 1.28 bits per heavy atom. The summed E-state index contributed by atoms with van der Waals surface area (Å²) in [5.74, 6) is 1.40. The van der Waals surface area contributed by atoms with Gasteiger partial charge in [-0.1, -0.05) is 37.3 Å². The summed E-state index contributed by atoms with van der Waals surface area (Å²) in [5, 5.41) is 7.20. The molecule has 0 saturated heterocycles. The average Bonchev–Trinajstić information content (AvgIpc) is 2.89. The Bertz CT molecular complexity index is 510. The van der Waals surface area contributed by atoms with Crippen molar-refractivity contribution in [2.24, 2.45) is 0 Å². The predicted molar refractivity (Wildman–Crippen MR) is 71.8 cm³/mol. The lowest BCUT2D eigenvalue weighted by molar-refractivity contribution is 0.673. The van der Waals surface area contributed by atoms with Crippen LogP contribution in [0.25, 0.3) is 0 Å². The number of benzene rings is 1. The summed E-state index contributed by atoms with van der Waals surface area (Å²) >= 11 is 0. The van der Waals surface area contributed by atoms with E-state index in [-0.39, 0.29) is 0 Å². The number of rotatable bonds is 6. The van der Waals surface area contributed by atoms with E-state index in [0.717, 1.165) is 25.1 Å². The van der Waals surface area contributed by atoms with Crippen LogP contribution in [0.1, 0.15) is 24.7 Å². The number of nitrogens with one attached hydrogen (secondary N) is 1. The Labute approximate surface area is 109 Å². The summed E-state index contributed by atoms with van der Waals surface area (Å²) in [7, 11) is -1.09. The third-order valence-corrected chi connectivity index (χ3v) is 3.94. The van der Waals surface area contributed by atoms with Gasteiger partial charge in [0, 0.05) is 12.2 Å². The minimum Gasteiger partial charge on any atom is -0.262 e. The molecule has 0 bridgehead atoms. The molecule has 1 aromatic heterocycles. The van der Waals surface area contributed by atoms with E-state index in [1.54, 1.807) is 0 Å². The number of hydrogen-bond donors (Lipinski definition) is 1. The van der Waals surface area contributed by atoms with Gasteiger partial charge in [0.25, 0.3) is 0 Å². The first kappa shape index (κ1) is 13.0. The lowest BCUT2D eigenvalue weighted by Crippen LogP contribution is -2.02. The first-order valence-electron chi connectivity index (χ1n) is 6.13. The van der Waals surface area contributed by atoms with Crippen LogP contribution in [0.3, 0.4) is 0 Å². The minimum absolute atomic E-state index is 0.430. The molecule has 96 valence electrons. The third-order valence-electron chi connectivity index (χ3n) is 2.69. The van der Waals surface area contributed by atoms with Gasteiger partial charge < -0.3 is 0 Å². The van der Waals surface area contributed by atoms with Crippen molar-refractivity contribution < 1.29 is 4.21 Å². The highest BCUT2D eigenvalue weighted by atomic mass is 32.2. The molecule has 0 radical (unpaired) electrons. The number of hydrogen-bond acceptors (Lipinski definition) is 3. The van der Waals surface area contributed by atoms with Gasteiger partial charge in [-0.05, 0) is 18.4 Å². The molecule has 4 nitrogen and oxygen atoms in total. The molecular weight excluding hydrogens is 246 g/mol.